The molecule has 0 aliphatic carbocycles. The van der Waals surface area contributed by atoms with Crippen molar-refractivity contribution in [2.45, 2.75) is 20.3 Å². The third-order valence-electron chi connectivity index (χ3n) is 3.43. The Hall–Kier alpha value is -2.33. The second-order valence-corrected chi connectivity index (χ2v) is 5.50. The largest absolute Gasteiger partial charge is 0.436 e. The van der Waals surface area contributed by atoms with Crippen molar-refractivity contribution in [2.24, 2.45) is 0 Å². The summed E-state index contributed by atoms with van der Waals surface area (Å²) in [6, 6.07) is 11.0. The lowest BCUT2D eigenvalue weighted by atomic mass is 10.1. The lowest BCUT2D eigenvalue weighted by Crippen LogP contribution is -2.10. The highest BCUT2D eigenvalue weighted by atomic mass is 35.5. The van der Waals surface area contributed by atoms with Gasteiger partial charge in [0.1, 0.15) is 5.52 Å². The molecule has 1 aromatic heterocycles. The minimum Gasteiger partial charge on any atom is -0.436 e. The van der Waals surface area contributed by atoms with Crippen LogP contribution in [0.15, 0.2) is 40.8 Å². The first-order chi connectivity index (χ1) is 10.6. The van der Waals surface area contributed by atoms with Crippen LogP contribution in [0.5, 0.6) is 0 Å². The Balaban J connectivity index is 2.02. The van der Waals surface area contributed by atoms with E-state index >= 15 is 0 Å². The summed E-state index contributed by atoms with van der Waals surface area (Å²) in [4.78, 5) is 16.0. The molecular weight excluding hydrogens is 300 g/mol. The van der Waals surface area contributed by atoms with E-state index in [1.807, 2.05) is 32.0 Å². The monoisotopic (exact) mass is 314 g/mol. The van der Waals surface area contributed by atoms with Gasteiger partial charge in [-0.3, -0.25) is 4.79 Å². The van der Waals surface area contributed by atoms with Gasteiger partial charge in [0.25, 0.3) is 0 Å². The van der Waals surface area contributed by atoms with Crippen molar-refractivity contribution in [1.29, 1.82) is 0 Å². The molecule has 0 saturated carbocycles. The van der Waals surface area contributed by atoms with Crippen molar-refractivity contribution in [1.82, 2.24) is 4.98 Å². The highest BCUT2D eigenvalue weighted by molar-refractivity contribution is 6.31. The first kappa shape index (κ1) is 14.6. The second kappa shape index (κ2) is 5.81. The third kappa shape index (κ3) is 2.83. The number of carbonyl (C=O) groups is 1. The molecule has 1 heterocycles. The maximum atomic E-state index is 11.6. The van der Waals surface area contributed by atoms with Crippen molar-refractivity contribution >= 4 is 34.3 Å². The van der Waals surface area contributed by atoms with Gasteiger partial charge in [0.2, 0.25) is 11.8 Å². The summed E-state index contributed by atoms with van der Waals surface area (Å²) < 4.78 is 5.75. The fraction of sp³-hybridized carbons (Fsp3) is 0.176. The summed E-state index contributed by atoms with van der Waals surface area (Å²) in [5.74, 6) is 0.480. The smallest absolute Gasteiger partial charge is 0.227 e. The molecule has 1 amide bonds. The fourth-order valence-electron chi connectivity index (χ4n) is 2.15. The van der Waals surface area contributed by atoms with Crippen LogP contribution in [0.25, 0.3) is 22.6 Å². The van der Waals surface area contributed by atoms with E-state index in [2.05, 4.69) is 10.3 Å². The zero-order chi connectivity index (χ0) is 15.7. The van der Waals surface area contributed by atoms with E-state index in [-0.39, 0.29) is 5.91 Å². The average Bonchev–Trinajstić information content (AvgIpc) is 2.92. The van der Waals surface area contributed by atoms with Crippen LogP contribution in [0.1, 0.15) is 18.9 Å². The maximum absolute atomic E-state index is 11.6. The van der Waals surface area contributed by atoms with Crippen LogP contribution in [0, 0.1) is 6.92 Å². The Bertz CT molecular complexity index is 855. The number of rotatable bonds is 3. The molecule has 5 heteroatoms. The number of halogens is 1. The van der Waals surface area contributed by atoms with Crippen LogP contribution < -0.4 is 5.32 Å². The molecule has 0 saturated heterocycles. The summed E-state index contributed by atoms with van der Waals surface area (Å²) in [5.41, 5.74) is 3.96. The van der Waals surface area contributed by atoms with Gasteiger partial charge < -0.3 is 9.73 Å². The Labute approximate surface area is 133 Å². The molecule has 22 heavy (non-hydrogen) atoms. The fourth-order valence-corrected chi connectivity index (χ4v) is 2.32. The van der Waals surface area contributed by atoms with Gasteiger partial charge in [-0.15, -0.1) is 0 Å². The van der Waals surface area contributed by atoms with Crippen molar-refractivity contribution in [2.75, 3.05) is 5.32 Å². The van der Waals surface area contributed by atoms with Gasteiger partial charge >= 0.3 is 0 Å². The molecule has 0 spiro atoms. The van der Waals surface area contributed by atoms with Crippen molar-refractivity contribution in [3.63, 3.8) is 0 Å². The lowest BCUT2D eigenvalue weighted by molar-refractivity contribution is -0.115. The number of aromatic nitrogens is 1. The number of hydrogen-bond donors (Lipinski definition) is 1. The van der Waals surface area contributed by atoms with Crippen molar-refractivity contribution < 1.29 is 9.21 Å². The van der Waals surface area contributed by atoms with Crippen molar-refractivity contribution in [3.8, 4) is 11.5 Å². The standard InChI is InChI=1S/C17H15ClN2O2/c1-3-16(21)19-13-8-11(5-4-10(13)2)17-20-14-9-12(18)6-7-15(14)22-17/h4-9H,3H2,1-2H3,(H,19,21). The molecule has 4 nitrogen and oxygen atoms in total. The first-order valence-electron chi connectivity index (χ1n) is 7.04. The summed E-state index contributed by atoms with van der Waals surface area (Å²) >= 11 is 5.96. The zero-order valence-electron chi connectivity index (χ0n) is 12.3. The van der Waals surface area contributed by atoms with Crippen LogP contribution in [0.3, 0.4) is 0 Å². The average molecular weight is 315 g/mol. The predicted octanol–water partition coefficient (Wildman–Crippen LogP) is 4.81. The molecule has 112 valence electrons. The minimum atomic E-state index is -0.0235. The number of carbonyl (C=O) groups excluding carboxylic acids is 1. The third-order valence-corrected chi connectivity index (χ3v) is 3.66. The molecule has 0 aliphatic heterocycles. The molecule has 0 aliphatic rings. The van der Waals surface area contributed by atoms with Gasteiger partial charge in [0.05, 0.1) is 0 Å². The number of benzene rings is 2. The number of oxazole rings is 1. The summed E-state index contributed by atoms with van der Waals surface area (Å²) in [7, 11) is 0. The highest BCUT2D eigenvalue weighted by Crippen LogP contribution is 2.29. The van der Waals surface area contributed by atoms with Crippen LogP contribution in [0.4, 0.5) is 5.69 Å². The quantitative estimate of drug-likeness (QED) is 0.755. The Morgan fingerprint density at radius 1 is 1.27 bits per heavy atom. The summed E-state index contributed by atoms with van der Waals surface area (Å²) in [5, 5.41) is 3.50. The molecule has 0 atom stereocenters. The summed E-state index contributed by atoms with van der Waals surface area (Å²) in [6.07, 6.45) is 0.436. The molecule has 0 bridgehead atoms. The number of nitrogens with one attached hydrogen (secondary N) is 1. The molecular formula is C17H15ClN2O2. The number of anilines is 1. The SMILES string of the molecule is CCC(=O)Nc1cc(-c2nc3cc(Cl)ccc3o2)ccc1C. The molecule has 0 fully saturated rings. The van der Waals surface area contributed by atoms with E-state index in [9.17, 15) is 4.79 Å². The molecule has 3 rings (SSSR count). The molecule has 3 aromatic rings. The van der Waals surface area contributed by atoms with Gasteiger partial charge in [-0.2, -0.15) is 0 Å². The van der Waals surface area contributed by atoms with E-state index in [4.69, 9.17) is 16.0 Å². The lowest BCUT2D eigenvalue weighted by Gasteiger charge is -2.08. The molecule has 2 aromatic carbocycles. The Kier molecular flexibility index (Phi) is 3.86. The van der Waals surface area contributed by atoms with Crippen LogP contribution in [-0.2, 0) is 4.79 Å². The topological polar surface area (TPSA) is 55.1 Å². The van der Waals surface area contributed by atoms with Gasteiger partial charge in [0, 0.05) is 22.7 Å². The minimum absolute atomic E-state index is 0.0235. The molecule has 0 unspecified atom stereocenters. The summed E-state index contributed by atoms with van der Waals surface area (Å²) in [6.45, 7) is 3.76. The van der Waals surface area contributed by atoms with Gasteiger partial charge in [0.15, 0.2) is 5.58 Å². The number of hydrogen-bond acceptors (Lipinski definition) is 3. The van der Waals surface area contributed by atoms with E-state index in [1.165, 1.54) is 0 Å². The zero-order valence-corrected chi connectivity index (χ0v) is 13.1. The molecule has 0 radical (unpaired) electrons. The van der Waals surface area contributed by atoms with Gasteiger partial charge in [-0.05, 0) is 42.8 Å². The Morgan fingerprint density at radius 3 is 2.86 bits per heavy atom. The normalized spacial score (nSPS) is 10.9. The highest BCUT2D eigenvalue weighted by Gasteiger charge is 2.11. The van der Waals surface area contributed by atoms with E-state index in [0.717, 1.165) is 16.8 Å². The van der Waals surface area contributed by atoms with Crippen LogP contribution in [-0.4, -0.2) is 10.9 Å². The number of aryl methyl sites for hydroxylation is 1. The van der Waals surface area contributed by atoms with E-state index in [0.29, 0.717) is 28.4 Å². The van der Waals surface area contributed by atoms with E-state index in [1.54, 1.807) is 18.2 Å². The van der Waals surface area contributed by atoms with Gasteiger partial charge in [-0.25, -0.2) is 4.98 Å². The number of nitrogens with zero attached hydrogens (tertiary/aromatic N) is 1. The Morgan fingerprint density at radius 2 is 2.09 bits per heavy atom. The van der Waals surface area contributed by atoms with Crippen molar-refractivity contribution in [3.05, 3.63) is 47.0 Å². The predicted molar refractivity (Wildman–Crippen MR) is 88.1 cm³/mol. The van der Waals surface area contributed by atoms with E-state index < -0.39 is 0 Å². The first-order valence-corrected chi connectivity index (χ1v) is 7.41. The maximum Gasteiger partial charge on any atom is 0.227 e. The van der Waals surface area contributed by atoms with Gasteiger partial charge in [-0.1, -0.05) is 24.6 Å². The number of amides is 1. The number of fused-ring (bicyclic) bond motifs is 1. The van der Waals surface area contributed by atoms with Crippen LogP contribution >= 0.6 is 11.6 Å². The second-order valence-electron chi connectivity index (χ2n) is 5.06. The van der Waals surface area contributed by atoms with Crippen LogP contribution in [0.2, 0.25) is 5.02 Å². The molecule has 1 N–H and O–H groups in total.